The highest BCUT2D eigenvalue weighted by Crippen LogP contribution is 2.54. The predicted octanol–water partition coefficient (Wildman–Crippen LogP) is 3.50. The van der Waals surface area contributed by atoms with Crippen LogP contribution in [0, 0.1) is 12.8 Å². The Morgan fingerprint density at radius 2 is 2.00 bits per heavy atom. The Labute approximate surface area is 179 Å². The number of hydrogen-bond acceptors (Lipinski definition) is 4. The number of hydrogen-bond donors (Lipinski definition) is 3. The van der Waals surface area contributed by atoms with Gasteiger partial charge >= 0.3 is 0 Å². The highest BCUT2D eigenvalue weighted by atomic mass is 16.3. The average Bonchev–Trinajstić information content (AvgIpc) is 3.11. The van der Waals surface area contributed by atoms with Crippen LogP contribution >= 0.6 is 0 Å². The zero-order valence-electron chi connectivity index (χ0n) is 18.8. The third-order valence-corrected chi connectivity index (χ3v) is 7.38. The van der Waals surface area contributed by atoms with Gasteiger partial charge in [-0.3, -0.25) is 4.68 Å². The molecule has 0 unspecified atom stereocenters. The van der Waals surface area contributed by atoms with Crippen molar-refractivity contribution in [2.24, 2.45) is 5.92 Å². The van der Waals surface area contributed by atoms with E-state index >= 15 is 0 Å². The molecule has 3 N–H and O–H groups in total. The van der Waals surface area contributed by atoms with Crippen molar-refractivity contribution < 1.29 is 15.3 Å². The van der Waals surface area contributed by atoms with E-state index in [0.29, 0.717) is 25.3 Å². The molecule has 5 heteroatoms. The van der Waals surface area contributed by atoms with Crippen LogP contribution in [-0.4, -0.2) is 42.9 Å². The summed E-state index contributed by atoms with van der Waals surface area (Å²) in [5.74, 6) is 0.426. The van der Waals surface area contributed by atoms with Crippen LogP contribution < -0.4 is 0 Å². The van der Waals surface area contributed by atoms with E-state index in [1.54, 1.807) is 0 Å². The van der Waals surface area contributed by atoms with Crippen LogP contribution in [0.15, 0.2) is 35.5 Å². The lowest BCUT2D eigenvalue weighted by atomic mass is 9.65. The Bertz CT molecular complexity index is 918. The SMILES string of the molecule is C=C1/C(=C\C=C2/CCC[C@]3(C)c4c(C)nn(CC(C)(C)O)c4C[C@@H]23)C[C@@H](O)C[C@@H]1O. The zero-order valence-corrected chi connectivity index (χ0v) is 18.8. The smallest absolute Gasteiger partial charge is 0.0811 e. The van der Waals surface area contributed by atoms with Crippen LogP contribution in [0.3, 0.4) is 0 Å². The minimum absolute atomic E-state index is 0.0719. The van der Waals surface area contributed by atoms with Gasteiger partial charge in [0.15, 0.2) is 0 Å². The van der Waals surface area contributed by atoms with Gasteiger partial charge in [-0.2, -0.15) is 5.10 Å². The number of aryl methyl sites for hydroxylation is 1. The summed E-state index contributed by atoms with van der Waals surface area (Å²) >= 11 is 0. The molecule has 2 saturated carbocycles. The number of aliphatic hydroxyl groups is 3. The molecule has 0 radical (unpaired) electrons. The van der Waals surface area contributed by atoms with Crippen molar-refractivity contribution >= 4 is 0 Å². The molecular weight excluding hydrogens is 376 g/mol. The molecule has 3 aliphatic rings. The Balaban J connectivity index is 1.67. The highest BCUT2D eigenvalue weighted by molar-refractivity contribution is 5.46. The Hall–Kier alpha value is -1.69. The lowest BCUT2D eigenvalue weighted by Gasteiger charge is -2.39. The Morgan fingerprint density at radius 3 is 2.70 bits per heavy atom. The topological polar surface area (TPSA) is 78.5 Å². The van der Waals surface area contributed by atoms with E-state index in [9.17, 15) is 15.3 Å². The number of aliphatic hydroxyl groups excluding tert-OH is 2. The molecule has 4 atom stereocenters. The van der Waals surface area contributed by atoms with Crippen LogP contribution in [0.2, 0.25) is 0 Å². The van der Waals surface area contributed by atoms with Crippen LogP contribution in [0.25, 0.3) is 0 Å². The molecule has 1 heterocycles. The van der Waals surface area contributed by atoms with Gasteiger partial charge < -0.3 is 15.3 Å². The van der Waals surface area contributed by atoms with Crippen LogP contribution in [-0.2, 0) is 18.4 Å². The summed E-state index contributed by atoms with van der Waals surface area (Å²) in [5.41, 5.74) is 6.14. The highest BCUT2D eigenvalue weighted by Gasteiger charge is 2.49. The molecule has 0 bridgehead atoms. The van der Waals surface area contributed by atoms with Crippen LogP contribution in [0.1, 0.15) is 69.8 Å². The second-order valence-corrected chi connectivity index (χ2v) is 10.5. The fourth-order valence-electron chi connectivity index (χ4n) is 6.01. The molecule has 1 aromatic rings. The predicted molar refractivity (Wildman–Crippen MR) is 118 cm³/mol. The number of rotatable bonds is 3. The molecule has 0 spiro atoms. The molecule has 0 amide bonds. The lowest BCUT2D eigenvalue weighted by Crippen LogP contribution is -2.34. The van der Waals surface area contributed by atoms with Gasteiger partial charge in [-0.05, 0) is 69.9 Å². The van der Waals surface area contributed by atoms with Gasteiger partial charge in [0, 0.05) is 23.1 Å². The van der Waals surface area contributed by atoms with Crippen LogP contribution in [0.4, 0.5) is 0 Å². The molecule has 1 aromatic heterocycles. The molecule has 0 saturated heterocycles. The second kappa shape index (κ2) is 7.47. The number of allylic oxidation sites excluding steroid dienone is 3. The standard InChI is InChI=1S/C25H36N2O3/c1-15-18(11-19(28)12-22(15)29)9-8-17-7-6-10-25(5)20(17)13-21-23(25)16(2)26-27(21)14-24(3,4)30/h8-9,19-20,22,28-30H,1,6-7,10-14H2,2-5H3/b17-8+,18-9-/t19-,20+,22+,25+/m1/s1. The maximum absolute atomic E-state index is 10.4. The van der Waals surface area contributed by atoms with E-state index in [1.807, 2.05) is 18.5 Å². The molecular formula is C25H36N2O3. The van der Waals surface area contributed by atoms with Crippen molar-refractivity contribution in [1.29, 1.82) is 0 Å². The molecule has 164 valence electrons. The van der Waals surface area contributed by atoms with Crippen molar-refractivity contribution in [1.82, 2.24) is 9.78 Å². The first kappa shape index (κ1) is 21.5. The van der Waals surface area contributed by atoms with Gasteiger partial charge in [0.1, 0.15) is 0 Å². The van der Waals surface area contributed by atoms with Crippen LogP contribution in [0.5, 0.6) is 0 Å². The fourth-order valence-corrected chi connectivity index (χ4v) is 6.01. The monoisotopic (exact) mass is 412 g/mol. The first-order valence-corrected chi connectivity index (χ1v) is 11.2. The van der Waals surface area contributed by atoms with Crippen molar-refractivity contribution in [2.45, 2.75) is 96.0 Å². The maximum atomic E-state index is 10.4. The number of aromatic nitrogens is 2. The summed E-state index contributed by atoms with van der Waals surface area (Å²) < 4.78 is 2.03. The van der Waals surface area contributed by atoms with E-state index < -0.39 is 17.8 Å². The van der Waals surface area contributed by atoms with Crippen molar-refractivity contribution in [3.05, 3.63) is 52.4 Å². The largest absolute Gasteiger partial charge is 0.393 e. The summed E-state index contributed by atoms with van der Waals surface area (Å²) in [4.78, 5) is 0. The van der Waals surface area contributed by atoms with E-state index in [2.05, 4.69) is 32.6 Å². The van der Waals surface area contributed by atoms with Crippen molar-refractivity contribution in [2.75, 3.05) is 0 Å². The Kier molecular flexibility index (Phi) is 5.36. The lowest BCUT2D eigenvalue weighted by molar-refractivity contribution is 0.0566. The zero-order chi connectivity index (χ0) is 21.8. The molecule has 3 aliphatic carbocycles. The molecule has 0 aliphatic heterocycles. The summed E-state index contributed by atoms with van der Waals surface area (Å²) in [6, 6.07) is 0. The molecule has 2 fully saturated rings. The van der Waals surface area contributed by atoms with E-state index in [0.717, 1.165) is 42.5 Å². The van der Waals surface area contributed by atoms with Gasteiger partial charge in [-0.25, -0.2) is 0 Å². The molecule has 5 nitrogen and oxygen atoms in total. The minimum atomic E-state index is -0.799. The van der Waals surface area contributed by atoms with E-state index in [4.69, 9.17) is 5.10 Å². The molecule has 30 heavy (non-hydrogen) atoms. The van der Waals surface area contributed by atoms with Crippen molar-refractivity contribution in [3.8, 4) is 0 Å². The summed E-state index contributed by atoms with van der Waals surface area (Å²) in [5, 5.41) is 35.3. The van der Waals surface area contributed by atoms with Gasteiger partial charge in [0.05, 0.1) is 30.0 Å². The minimum Gasteiger partial charge on any atom is -0.393 e. The van der Waals surface area contributed by atoms with Gasteiger partial charge in [-0.1, -0.05) is 31.2 Å². The third-order valence-electron chi connectivity index (χ3n) is 7.38. The Morgan fingerprint density at radius 1 is 1.27 bits per heavy atom. The van der Waals surface area contributed by atoms with Crippen molar-refractivity contribution in [3.63, 3.8) is 0 Å². The molecule has 0 aromatic carbocycles. The van der Waals surface area contributed by atoms with Gasteiger partial charge in [-0.15, -0.1) is 0 Å². The van der Waals surface area contributed by atoms with Gasteiger partial charge in [0.25, 0.3) is 0 Å². The third kappa shape index (κ3) is 3.72. The van der Waals surface area contributed by atoms with E-state index in [-0.39, 0.29) is 5.41 Å². The van der Waals surface area contributed by atoms with Gasteiger partial charge in [0.2, 0.25) is 0 Å². The van der Waals surface area contributed by atoms with E-state index in [1.165, 1.54) is 16.8 Å². The second-order valence-electron chi connectivity index (χ2n) is 10.5. The average molecular weight is 413 g/mol. The maximum Gasteiger partial charge on any atom is 0.0811 e. The first-order valence-electron chi connectivity index (χ1n) is 11.2. The summed E-state index contributed by atoms with van der Waals surface area (Å²) in [6.07, 6.45) is 8.39. The fraction of sp³-hybridized carbons (Fsp3) is 0.640. The quantitative estimate of drug-likeness (QED) is 0.710. The number of fused-ring (bicyclic) bond motifs is 3. The summed E-state index contributed by atoms with van der Waals surface area (Å²) in [7, 11) is 0. The molecule has 4 rings (SSSR count). The number of nitrogens with zero attached hydrogens (tertiary/aromatic N) is 2. The first-order chi connectivity index (χ1) is 14.0. The summed E-state index contributed by atoms with van der Waals surface area (Å²) in [6.45, 7) is 12.7. The normalized spacial score (nSPS) is 34.5.